The summed E-state index contributed by atoms with van der Waals surface area (Å²) in [6.45, 7) is 29.6. The normalized spacial score (nSPS) is 21.7. The summed E-state index contributed by atoms with van der Waals surface area (Å²) in [6.07, 6.45) is 7.34. The minimum absolute atomic E-state index is 0.0000684. The van der Waals surface area contributed by atoms with Crippen molar-refractivity contribution in [2.24, 2.45) is 0 Å². The van der Waals surface area contributed by atoms with E-state index in [0.717, 1.165) is 0 Å². The predicted molar refractivity (Wildman–Crippen MR) is 312 cm³/mol. The van der Waals surface area contributed by atoms with E-state index >= 15 is 0 Å². The quantitative estimate of drug-likeness (QED) is 0.159. The molecule has 2 nitrogen and oxygen atoms in total. The van der Waals surface area contributed by atoms with Crippen LogP contribution in [0.2, 0.25) is 0 Å². The Bertz CT molecular complexity index is 3800. The second kappa shape index (κ2) is 14.2. The Labute approximate surface area is 430 Å². The van der Waals surface area contributed by atoms with Crippen LogP contribution in [0.25, 0.3) is 62.6 Å². The third-order valence-electron chi connectivity index (χ3n) is 19.2. The lowest BCUT2D eigenvalue weighted by Crippen LogP contribution is -2.70. The zero-order valence-corrected chi connectivity index (χ0v) is 45.6. The molecule has 3 aliphatic heterocycles. The van der Waals surface area contributed by atoms with Crippen molar-refractivity contribution >= 4 is 104 Å². The van der Waals surface area contributed by atoms with E-state index in [4.69, 9.17) is 0 Å². The summed E-state index contributed by atoms with van der Waals surface area (Å²) in [4.78, 5) is 5.85. The number of fused-ring (bicyclic) bond motifs is 15. The zero-order valence-electron chi connectivity index (χ0n) is 44.0. The number of nitrogens with zero attached hydrogens (tertiary/aromatic N) is 2. The highest BCUT2D eigenvalue weighted by Gasteiger charge is 2.63. The maximum atomic E-state index is 3.06. The highest BCUT2D eigenvalue weighted by molar-refractivity contribution is 7.26. The van der Waals surface area contributed by atoms with Gasteiger partial charge in [-0.1, -0.05) is 156 Å². The molecule has 0 radical (unpaired) electrons. The van der Waals surface area contributed by atoms with Crippen LogP contribution >= 0.6 is 22.7 Å². The van der Waals surface area contributed by atoms with E-state index in [0.29, 0.717) is 0 Å². The van der Waals surface area contributed by atoms with Crippen LogP contribution in [0.5, 0.6) is 0 Å². The van der Waals surface area contributed by atoms with Gasteiger partial charge >= 0.3 is 6.85 Å². The molecule has 2 aromatic heterocycles. The summed E-state index contributed by atoms with van der Waals surface area (Å²) in [6, 6.07) is 46.6. The number of rotatable bonds is 2. The van der Waals surface area contributed by atoms with Crippen LogP contribution in [0.4, 0.5) is 22.7 Å². The Kier molecular flexibility index (Phi) is 8.89. The van der Waals surface area contributed by atoms with Crippen LogP contribution in [0.15, 0.2) is 115 Å². The molecule has 0 N–H and O–H groups in total. The number of hydrogen-bond acceptors (Lipinski definition) is 4. The minimum Gasteiger partial charge on any atom is -0.400 e. The Balaban J connectivity index is 1.18. The van der Waals surface area contributed by atoms with Crippen molar-refractivity contribution in [3.63, 3.8) is 0 Å². The van der Waals surface area contributed by atoms with Gasteiger partial charge in [0.05, 0.1) is 11.4 Å². The molecule has 0 bridgehead atoms. The third-order valence-corrected chi connectivity index (χ3v) is 21.4. The van der Waals surface area contributed by atoms with Gasteiger partial charge in [0.1, 0.15) is 0 Å². The minimum atomic E-state index is -0.0898. The SMILES string of the molecule is CC(C)(C)c1ccc(N2c3cc4sc5cc6c(cc5c4cc3B3c4c(cc5sc7ccccc7c5c42)-c2cc(C(C)(C)C)cc4c2N3C2(C)CCCCC42C)C(C)(C)CCC6(C)C)c(-c2ccccc2)c1. The molecule has 9 aromatic rings. The Morgan fingerprint density at radius 1 is 0.493 bits per heavy atom. The molecule has 14 rings (SSSR count). The molecule has 5 aliphatic rings. The molecule has 1 saturated carbocycles. The lowest BCUT2D eigenvalue weighted by atomic mass is 9.42. The van der Waals surface area contributed by atoms with E-state index in [9.17, 15) is 0 Å². The topological polar surface area (TPSA) is 6.48 Å². The van der Waals surface area contributed by atoms with Crippen LogP contribution in [0.1, 0.15) is 149 Å². The summed E-state index contributed by atoms with van der Waals surface area (Å²) in [5, 5.41) is 5.58. The van der Waals surface area contributed by atoms with Crippen LogP contribution < -0.4 is 20.6 Å². The summed E-state index contributed by atoms with van der Waals surface area (Å²) in [5.74, 6) is 0. The van der Waals surface area contributed by atoms with Gasteiger partial charge in [-0.3, -0.25) is 0 Å². The molecular weight excluding hydrogens is 896 g/mol. The van der Waals surface area contributed by atoms with Crippen LogP contribution in [-0.2, 0) is 27.1 Å². The van der Waals surface area contributed by atoms with Crippen molar-refractivity contribution in [2.75, 3.05) is 9.71 Å². The molecule has 1 fully saturated rings. The molecule has 2 unspecified atom stereocenters. The van der Waals surface area contributed by atoms with Gasteiger partial charge in [0.15, 0.2) is 0 Å². The average molecular weight is 963 g/mol. The van der Waals surface area contributed by atoms with Gasteiger partial charge in [-0.15, -0.1) is 22.7 Å². The number of thiophene rings is 2. The fourth-order valence-corrected chi connectivity index (χ4v) is 17.0. The number of hydrogen-bond donors (Lipinski definition) is 0. The molecule has 0 amide bonds. The first-order valence-corrected chi connectivity index (χ1v) is 28.3. The highest BCUT2D eigenvalue weighted by Crippen LogP contribution is 2.65. The lowest BCUT2D eigenvalue weighted by Gasteiger charge is -2.55. The molecule has 71 heavy (non-hydrogen) atoms. The molecule has 7 aromatic carbocycles. The monoisotopic (exact) mass is 962 g/mol. The van der Waals surface area contributed by atoms with Gasteiger partial charge in [-0.05, 0) is 153 Å². The molecule has 0 spiro atoms. The van der Waals surface area contributed by atoms with Gasteiger partial charge in [0.2, 0.25) is 0 Å². The fraction of sp³-hybridized carbons (Fsp3) is 0.364. The first-order valence-electron chi connectivity index (χ1n) is 26.7. The van der Waals surface area contributed by atoms with Crippen molar-refractivity contribution in [3.8, 4) is 22.3 Å². The van der Waals surface area contributed by atoms with Gasteiger partial charge in [0, 0.05) is 73.8 Å². The Morgan fingerprint density at radius 2 is 1.14 bits per heavy atom. The molecule has 0 saturated heterocycles. The number of anilines is 4. The summed E-state index contributed by atoms with van der Waals surface area (Å²) in [5.41, 5.74) is 21.4. The van der Waals surface area contributed by atoms with E-state index in [1.165, 1.54) is 146 Å². The Morgan fingerprint density at radius 3 is 1.89 bits per heavy atom. The van der Waals surface area contributed by atoms with Crippen LogP contribution in [-0.4, -0.2) is 12.4 Å². The van der Waals surface area contributed by atoms with Crippen molar-refractivity contribution in [1.82, 2.24) is 0 Å². The van der Waals surface area contributed by atoms with Crippen molar-refractivity contribution in [2.45, 2.75) is 154 Å². The molecule has 2 aliphatic carbocycles. The zero-order chi connectivity index (χ0) is 49.1. The van der Waals surface area contributed by atoms with Gasteiger partial charge < -0.3 is 9.71 Å². The van der Waals surface area contributed by atoms with Crippen molar-refractivity contribution in [1.29, 1.82) is 0 Å². The summed E-state index contributed by atoms with van der Waals surface area (Å²) >= 11 is 3.99. The lowest BCUT2D eigenvalue weighted by molar-refractivity contribution is 0.199. The number of benzene rings is 7. The summed E-state index contributed by atoms with van der Waals surface area (Å²) in [7, 11) is 0. The Hall–Kier alpha value is -5.36. The average Bonchev–Trinajstić information content (AvgIpc) is 3.96. The molecule has 2 atom stereocenters. The van der Waals surface area contributed by atoms with Gasteiger partial charge in [0.25, 0.3) is 0 Å². The molecule has 356 valence electrons. The third kappa shape index (κ3) is 5.88. The predicted octanol–water partition coefficient (Wildman–Crippen LogP) is 18.0. The second-order valence-corrected chi connectivity index (χ2v) is 28.4. The second-order valence-electron chi connectivity index (χ2n) is 26.3. The largest absolute Gasteiger partial charge is 0.400 e. The van der Waals surface area contributed by atoms with Crippen LogP contribution in [0.3, 0.4) is 0 Å². The van der Waals surface area contributed by atoms with Gasteiger partial charge in [-0.25, -0.2) is 0 Å². The molecular formula is C66H67BN2S2. The van der Waals surface area contributed by atoms with Gasteiger partial charge in [-0.2, -0.15) is 0 Å². The molecule has 5 heterocycles. The first-order chi connectivity index (χ1) is 33.7. The molecule has 5 heteroatoms. The van der Waals surface area contributed by atoms with E-state index in [1.807, 2.05) is 22.7 Å². The van der Waals surface area contributed by atoms with E-state index < -0.39 is 0 Å². The standard InChI is InChI=1S/C66H67BN2S2/c1-61(2,3)39-24-25-51(42(30-39)38-20-14-13-15-21-38)68-52-37-55-44(43-33-47-48(36-54(43)71-55)64(9,10)29-28-63(47,7)8)34-50(52)67-58-45(35-56-57(60(58)68)41-22-16-17-23-53(41)70-56)46-31-40(62(4,5)6)32-49-59(46)69(67)66(12)27-19-18-26-65(49,66)11/h13-17,20-25,30-37H,18-19,26-29H2,1-12H3. The smallest absolute Gasteiger partial charge is 0.328 e. The maximum absolute atomic E-state index is 3.06. The fourth-order valence-electron chi connectivity index (χ4n) is 14.7. The van der Waals surface area contributed by atoms with Crippen LogP contribution in [0, 0.1) is 0 Å². The summed E-state index contributed by atoms with van der Waals surface area (Å²) < 4.78 is 5.52. The first kappa shape index (κ1) is 44.4. The van der Waals surface area contributed by atoms with E-state index in [2.05, 4.69) is 208 Å². The highest BCUT2D eigenvalue weighted by atomic mass is 32.1. The van der Waals surface area contributed by atoms with Crippen molar-refractivity contribution in [3.05, 3.63) is 143 Å². The van der Waals surface area contributed by atoms with Crippen molar-refractivity contribution < 1.29 is 0 Å². The van der Waals surface area contributed by atoms with E-state index in [1.54, 1.807) is 16.7 Å². The maximum Gasteiger partial charge on any atom is 0.328 e. The van der Waals surface area contributed by atoms with E-state index in [-0.39, 0.29) is 39.5 Å².